The third kappa shape index (κ3) is 3.84. The Morgan fingerprint density at radius 1 is 1.14 bits per heavy atom. The van der Waals surface area contributed by atoms with E-state index in [4.69, 9.17) is 4.74 Å². The van der Waals surface area contributed by atoms with Crippen molar-refractivity contribution in [2.24, 2.45) is 0 Å². The summed E-state index contributed by atoms with van der Waals surface area (Å²) in [5.41, 5.74) is 3.29. The van der Waals surface area contributed by atoms with Gasteiger partial charge < -0.3 is 14.9 Å². The minimum absolute atomic E-state index is 0.00517. The summed E-state index contributed by atoms with van der Waals surface area (Å²) >= 11 is 0. The summed E-state index contributed by atoms with van der Waals surface area (Å²) in [4.78, 5) is 13.3. The van der Waals surface area contributed by atoms with Crippen molar-refractivity contribution in [2.45, 2.75) is 39.5 Å². The van der Waals surface area contributed by atoms with Gasteiger partial charge in [-0.2, -0.15) is 0 Å². The highest BCUT2D eigenvalue weighted by Crippen LogP contribution is 2.36. The Bertz CT molecular complexity index is 1020. The van der Waals surface area contributed by atoms with E-state index in [-0.39, 0.29) is 17.8 Å². The maximum Gasteiger partial charge on any atom is 0.338 e. The molecule has 0 fully saturated rings. The third-order valence-corrected chi connectivity index (χ3v) is 4.47. The fourth-order valence-electron chi connectivity index (χ4n) is 3.04. The van der Waals surface area contributed by atoms with Crippen molar-refractivity contribution in [3.05, 3.63) is 47.0 Å². The number of aliphatic hydroxyl groups is 1. The Kier molecular flexibility index (Phi) is 5.38. The van der Waals surface area contributed by atoms with Gasteiger partial charge in [0.2, 0.25) is 0 Å². The highest BCUT2D eigenvalue weighted by molar-refractivity contribution is 5.93. The van der Waals surface area contributed by atoms with Gasteiger partial charge in [-0.05, 0) is 48.6 Å². The number of hydrogen-bond acceptors (Lipinski definition) is 6. The number of aromatic hydroxyl groups is 1. The topological polar surface area (TPSA) is 97.5 Å². The molecule has 0 atom stereocenters. The monoisotopic (exact) mass is 383 g/mol. The Hall–Kier alpha value is -2.93. The zero-order valence-electron chi connectivity index (χ0n) is 16.6. The number of carbonyl (C=O) groups excluding carboxylic acids is 1. The van der Waals surface area contributed by atoms with Crippen molar-refractivity contribution in [3.8, 4) is 11.4 Å². The normalized spacial score (nSPS) is 11.8. The van der Waals surface area contributed by atoms with Crippen LogP contribution in [0.3, 0.4) is 0 Å². The van der Waals surface area contributed by atoms with Crippen molar-refractivity contribution in [3.63, 3.8) is 0 Å². The smallest absolute Gasteiger partial charge is 0.338 e. The summed E-state index contributed by atoms with van der Waals surface area (Å²) in [6, 6.07) is 8.63. The SMILES string of the molecule is CCOC(=O)c1ccc2nn(-c3cc(CCO)cc(C(C)(C)C)c3O)nc2c1. The van der Waals surface area contributed by atoms with Crippen LogP contribution in [0.1, 0.15) is 49.2 Å². The lowest BCUT2D eigenvalue weighted by Gasteiger charge is -2.23. The van der Waals surface area contributed by atoms with Gasteiger partial charge in [-0.25, -0.2) is 4.79 Å². The third-order valence-electron chi connectivity index (χ3n) is 4.47. The molecule has 0 aliphatic carbocycles. The van der Waals surface area contributed by atoms with E-state index in [1.165, 1.54) is 4.80 Å². The molecule has 0 bridgehead atoms. The average molecular weight is 383 g/mol. The summed E-state index contributed by atoms with van der Waals surface area (Å²) in [5.74, 6) is -0.318. The lowest BCUT2D eigenvalue weighted by Crippen LogP contribution is -2.14. The second-order valence-corrected chi connectivity index (χ2v) is 7.65. The highest BCUT2D eigenvalue weighted by Gasteiger charge is 2.23. The molecule has 0 saturated heterocycles. The van der Waals surface area contributed by atoms with Crippen LogP contribution in [0, 0.1) is 0 Å². The molecule has 0 aliphatic rings. The second kappa shape index (κ2) is 7.59. The highest BCUT2D eigenvalue weighted by atomic mass is 16.5. The van der Waals surface area contributed by atoms with Crippen molar-refractivity contribution < 1.29 is 19.7 Å². The Labute approximate surface area is 163 Å². The first-order valence-corrected chi connectivity index (χ1v) is 9.26. The molecular formula is C21H25N3O4. The van der Waals surface area contributed by atoms with Gasteiger partial charge in [0.25, 0.3) is 0 Å². The lowest BCUT2D eigenvalue weighted by atomic mass is 9.84. The first-order chi connectivity index (χ1) is 13.2. The molecule has 3 rings (SSSR count). The molecule has 1 heterocycles. The standard InChI is InChI=1S/C21H25N3O4/c1-5-28-20(27)14-6-7-16-17(12-14)23-24(22-16)18-11-13(8-9-25)10-15(19(18)26)21(2,3)4/h6-7,10-12,25-26H,5,8-9H2,1-4H3. The van der Waals surface area contributed by atoms with Crippen LogP contribution in [0.25, 0.3) is 16.7 Å². The van der Waals surface area contributed by atoms with Crippen LogP contribution in [0.5, 0.6) is 5.75 Å². The molecule has 0 spiro atoms. The van der Waals surface area contributed by atoms with Crippen LogP contribution in [-0.4, -0.2) is 44.4 Å². The van der Waals surface area contributed by atoms with Gasteiger partial charge in [0.05, 0.1) is 12.2 Å². The number of rotatable bonds is 5. The number of esters is 1. The molecule has 0 amide bonds. The number of carbonyl (C=O) groups is 1. The predicted molar refractivity (Wildman–Crippen MR) is 106 cm³/mol. The van der Waals surface area contributed by atoms with Crippen molar-refractivity contribution in [1.82, 2.24) is 15.0 Å². The van der Waals surface area contributed by atoms with Gasteiger partial charge in [-0.15, -0.1) is 15.0 Å². The van der Waals surface area contributed by atoms with Gasteiger partial charge in [0, 0.05) is 12.2 Å². The minimum Gasteiger partial charge on any atom is -0.505 e. The molecular weight excluding hydrogens is 358 g/mol. The van der Waals surface area contributed by atoms with Gasteiger partial charge in [-0.3, -0.25) is 0 Å². The molecule has 7 nitrogen and oxygen atoms in total. The van der Waals surface area contributed by atoms with E-state index in [0.717, 1.165) is 11.1 Å². The van der Waals surface area contributed by atoms with E-state index in [1.807, 2.05) is 26.8 Å². The molecule has 3 aromatic rings. The van der Waals surface area contributed by atoms with Gasteiger partial charge in [-0.1, -0.05) is 26.8 Å². The van der Waals surface area contributed by atoms with E-state index >= 15 is 0 Å². The second-order valence-electron chi connectivity index (χ2n) is 7.65. The van der Waals surface area contributed by atoms with Crippen LogP contribution in [0.4, 0.5) is 0 Å². The molecule has 0 unspecified atom stereocenters. The maximum atomic E-state index is 11.9. The van der Waals surface area contributed by atoms with Gasteiger partial charge in [0.15, 0.2) is 0 Å². The lowest BCUT2D eigenvalue weighted by molar-refractivity contribution is 0.0526. The van der Waals surface area contributed by atoms with Crippen LogP contribution in [0.2, 0.25) is 0 Å². The molecule has 0 aliphatic heterocycles. The van der Waals surface area contributed by atoms with Crippen LogP contribution < -0.4 is 0 Å². The Morgan fingerprint density at radius 3 is 2.50 bits per heavy atom. The van der Waals surface area contributed by atoms with Gasteiger partial charge >= 0.3 is 5.97 Å². The molecule has 2 N–H and O–H groups in total. The number of aliphatic hydroxyl groups excluding tert-OH is 1. The number of hydrogen-bond donors (Lipinski definition) is 2. The van der Waals surface area contributed by atoms with E-state index < -0.39 is 5.97 Å². The van der Waals surface area contributed by atoms with Crippen molar-refractivity contribution >= 4 is 17.0 Å². The molecule has 1 aromatic heterocycles. The van der Waals surface area contributed by atoms with E-state index in [0.29, 0.717) is 35.3 Å². The summed E-state index contributed by atoms with van der Waals surface area (Å²) < 4.78 is 5.03. The molecule has 28 heavy (non-hydrogen) atoms. The first-order valence-electron chi connectivity index (χ1n) is 9.26. The van der Waals surface area contributed by atoms with Crippen molar-refractivity contribution in [1.29, 1.82) is 0 Å². The largest absolute Gasteiger partial charge is 0.505 e. The fraction of sp³-hybridized carbons (Fsp3) is 0.381. The summed E-state index contributed by atoms with van der Waals surface area (Å²) in [5, 5.41) is 29.1. The zero-order valence-corrected chi connectivity index (χ0v) is 16.6. The minimum atomic E-state index is -0.415. The molecule has 7 heteroatoms. The number of fused-ring (bicyclic) bond motifs is 1. The summed E-state index contributed by atoms with van der Waals surface area (Å²) in [6.07, 6.45) is 0.462. The average Bonchev–Trinajstić information content (AvgIpc) is 3.05. The Morgan fingerprint density at radius 2 is 1.86 bits per heavy atom. The fourth-order valence-corrected chi connectivity index (χ4v) is 3.04. The summed E-state index contributed by atoms with van der Waals surface area (Å²) in [7, 11) is 0. The van der Waals surface area contributed by atoms with E-state index in [9.17, 15) is 15.0 Å². The quantitative estimate of drug-likeness (QED) is 0.657. The number of aromatic nitrogens is 3. The summed E-state index contributed by atoms with van der Waals surface area (Å²) in [6.45, 7) is 8.07. The van der Waals surface area contributed by atoms with E-state index in [2.05, 4.69) is 10.2 Å². The number of phenolic OH excluding ortho intramolecular Hbond substituents is 1. The number of phenols is 1. The van der Waals surface area contributed by atoms with E-state index in [1.54, 1.807) is 31.2 Å². The van der Waals surface area contributed by atoms with Crippen LogP contribution in [-0.2, 0) is 16.6 Å². The van der Waals surface area contributed by atoms with Crippen LogP contribution in [0.15, 0.2) is 30.3 Å². The maximum absolute atomic E-state index is 11.9. The first kappa shape index (κ1) is 19.8. The predicted octanol–water partition coefficient (Wildman–Crippen LogP) is 3.14. The number of benzene rings is 2. The molecule has 2 aromatic carbocycles. The van der Waals surface area contributed by atoms with Crippen molar-refractivity contribution in [2.75, 3.05) is 13.2 Å². The zero-order chi connectivity index (χ0) is 20.5. The number of ether oxygens (including phenoxy) is 1. The number of nitrogens with zero attached hydrogens (tertiary/aromatic N) is 3. The van der Waals surface area contributed by atoms with Crippen LogP contribution >= 0.6 is 0 Å². The molecule has 0 radical (unpaired) electrons. The molecule has 148 valence electrons. The molecule has 0 saturated carbocycles. The Balaban J connectivity index is 2.13. The van der Waals surface area contributed by atoms with Gasteiger partial charge in [0.1, 0.15) is 22.5 Å².